The highest BCUT2D eigenvalue weighted by molar-refractivity contribution is 5.98. The lowest BCUT2D eigenvalue weighted by Gasteiger charge is -2.11. The fourth-order valence-electron chi connectivity index (χ4n) is 2.91. The molecule has 0 spiro atoms. The third-order valence-corrected chi connectivity index (χ3v) is 4.22. The van der Waals surface area contributed by atoms with Crippen LogP contribution in [0.2, 0.25) is 0 Å². The van der Waals surface area contributed by atoms with Gasteiger partial charge in [-0.3, -0.25) is 4.79 Å². The molecule has 3 aromatic carbocycles. The standard InChI is InChI=1S/C15H13NO4.C8H9NO2/c1-9-2-4-12(14(6-9)20-8-17)11-5-3-10(16)7-13(11)15(18)19;1-5-2-6(8(10)11)4-7(9)3-5/h2-8H,16H2,1H3,(H,18,19);2-4H,9H2,1H3,(H,10,11). The van der Waals surface area contributed by atoms with E-state index in [1.807, 2.05) is 19.9 Å². The Morgan fingerprint density at radius 3 is 2.06 bits per heavy atom. The molecule has 8 nitrogen and oxygen atoms in total. The summed E-state index contributed by atoms with van der Waals surface area (Å²) in [5.74, 6) is -1.72. The highest BCUT2D eigenvalue weighted by Crippen LogP contribution is 2.34. The van der Waals surface area contributed by atoms with Crippen molar-refractivity contribution >= 4 is 29.8 Å². The predicted octanol–water partition coefficient (Wildman–Crippen LogP) is 3.75. The Hall–Kier alpha value is -4.33. The number of hydrogen-bond donors (Lipinski definition) is 4. The van der Waals surface area contributed by atoms with Crippen LogP contribution in [0.25, 0.3) is 11.1 Å². The van der Waals surface area contributed by atoms with Crippen molar-refractivity contribution in [2.75, 3.05) is 11.5 Å². The monoisotopic (exact) mass is 422 g/mol. The molecule has 0 aromatic heterocycles. The summed E-state index contributed by atoms with van der Waals surface area (Å²) in [6, 6.07) is 14.5. The molecular weight excluding hydrogens is 400 g/mol. The van der Waals surface area contributed by atoms with E-state index in [-0.39, 0.29) is 11.1 Å². The summed E-state index contributed by atoms with van der Waals surface area (Å²) in [7, 11) is 0. The highest BCUT2D eigenvalue weighted by atomic mass is 16.5. The number of nitrogen functional groups attached to an aromatic ring is 2. The molecule has 0 amide bonds. The van der Waals surface area contributed by atoms with Crippen LogP contribution >= 0.6 is 0 Å². The van der Waals surface area contributed by atoms with Gasteiger partial charge in [-0.05, 0) is 61.4 Å². The Labute approximate surface area is 178 Å². The van der Waals surface area contributed by atoms with E-state index < -0.39 is 11.9 Å². The largest absolute Gasteiger partial charge is 0.478 e. The molecule has 0 bridgehead atoms. The van der Waals surface area contributed by atoms with Crippen LogP contribution in [-0.2, 0) is 4.79 Å². The minimum Gasteiger partial charge on any atom is -0.478 e. The maximum atomic E-state index is 11.3. The lowest BCUT2D eigenvalue weighted by atomic mass is 9.97. The predicted molar refractivity (Wildman–Crippen MR) is 117 cm³/mol. The first-order chi connectivity index (χ1) is 14.6. The van der Waals surface area contributed by atoms with Crippen LogP contribution < -0.4 is 16.2 Å². The Bertz CT molecular complexity index is 1120. The van der Waals surface area contributed by atoms with Crippen LogP contribution in [0.5, 0.6) is 5.75 Å². The molecule has 0 saturated carbocycles. The van der Waals surface area contributed by atoms with Gasteiger partial charge in [0, 0.05) is 22.5 Å². The van der Waals surface area contributed by atoms with Gasteiger partial charge in [0.15, 0.2) is 0 Å². The molecular formula is C23H22N2O6. The van der Waals surface area contributed by atoms with Gasteiger partial charge in [0.1, 0.15) is 5.75 Å². The quantitative estimate of drug-likeness (QED) is 0.358. The van der Waals surface area contributed by atoms with Gasteiger partial charge in [0.05, 0.1) is 11.1 Å². The topological polar surface area (TPSA) is 153 Å². The Morgan fingerprint density at radius 1 is 0.806 bits per heavy atom. The van der Waals surface area contributed by atoms with Crippen LogP contribution in [0.15, 0.2) is 54.6 Å². The minimum absolute atomic E-state index is 0.0598. The molecule has 0 aliphatic heterocycles. The molecule has 3 rings (SSSR count). The number of aromatic carboxylic acids is 2. The molecule has 0 atom stereocenters. The van der Waals surface area contributed by atoms with Crippen molar-refractivity contribution < 1.29 is 29.3 Å². The normalized spacial score (nSPS) is 9.87. The number of rotatable bonds is 5. The Kier molecular flexibility index (Phi) is 7.35. The average Bonchev–Trinajstić information content (AvgIpc) is 2.68. The van der Waals surface area contributed by atoms with Crippen LogP contribution in [0.3, 0.4) is 0 Å². The second-order valence-corrected chi connectivity index (χ2v) is 6.76. The summed E-state index contributed by atoms with van der Waals surface area (Å²) in [6.07, 6.45) is 0. The van der Waals surface area contributed by atoms with Crippen LogP contribution in [-0.4, -0.2) is 28.6 Å². The number of carbonyl (C=O) groups excluding carboxylic acids is 1. The van der Waals surface area contributed by atoms with Crippen molar-refractivity contribution in [1.29, 1.82) is 0 Å². The van der Waals surface area contributed by atoms with Gasteiger partial charge in [-0.15, -0.1) is 0 Å². The third kappa shape index (κ3) is 6.07. The van der Waals surface area contributed by atoms with E-state index in [0.717, 1.165) is 11.1 Å². The first-order valence-corrected chi connectivity index (χ1v) is 9.07. The van der Waals surface area contributed by atoms with Crippen molar-refractivity contribution in [3.63, 3.8) is 0 Å². The summed E-state index contributed by atoms with van der Waals surface area (Å²) >= 11 is 0. The molecule has 0 heterocycles. The molecule has 0 fully saturated rings. The fourth-order valence-corrected chi connectivity index (χ4v) is 2.91. The van der Waals surface area contributed by atoms with Crippen LogP contribution in [0, 0.1) is 13.8 Å². The van der Waals surface area contributed by atoms with Crippen molar-refractivity contribution in [1.82, 2.24) is 0 Å². The SMILES string of the molecule is Cc1cc(N)cc(C(=O)O)c1.Cc1ccc(-c2ccc(N)cc2C(=O)O)c(OC=O)c1. The second kappa shape index (κ2) is 9.93. The van der Waals surface area contributed by atoms with Gasteiger partial charge < -0.3 is 26.4 Å². The first kappa shape index (κ1) is 23.0. The number of nitrogens with two attached hydrogens (primary N) is 2. The average molecular weight is 422 g/mol. The highest BCUT2D eigenvalue weighted by Gasteiger charge is 2.16. The molecule has 3 aromatic rings. The third-order valence-electron chi connectivity index (χ3n) is 4.22. The van der Waals surface area contributed by atoms with Crippen molar-refractivity contribution in [3.05, 3.63) is 76.9 Å². The summed E-state index contributed by atoms with van der Waals surface area (Å²) in [6.45, 7) is 3.97. The molecule has 0 aliphatic rings. The zero-order chi connectivity index (χ0) is 23.1. The maximum Gasteiger partial charge on any atom is 0.336 e. The smallest absolute Gasteiger partial charge is 0.336 e. The lowest BCUT2D eigenvalue weighted by Crippen LogP contribution is -2.02. The van der Waals surface area contributed by atoms with Crippen molar-refractivity contribution in [3.8, 4) is 16.9 Å². The fraction of sp³-hybridized carbons (Fsp3) is 0.0870. The molecule has 0 saturated heterocycles. The number of anilines is 2. The van der Waals surface area contributed by atoms with Gasteiger partial charge in [-0.25, -0.2) is 9.59 Å². The number of carboxylic acids is 2. The summed E-state index contributed by atoms with van der Waals surface area (Å²) in [5.41, 5.74) is 14.9. The zero-order valence-electron chi connectivity index (χ0n) is 17.0. The van der Waals surface area contributed by atoms with E-state index in [1.54, 1.807) is 36.4 Å². The van der Waals surface area contributed by atoms with E-state index in [1.165, 1.54) is 12.1 Å². The molecule has 0 unspecified atom stereocenters. The number of carbonyl (C=O) groups is 3. The molecule has 0 aliphatic carbocycles. The Morgan fingerprint density at radius 2 is 1.48 bits per heavy atom. The summed E-state index contributed by atoms with van der Waals surface area (Å²) in [4.78, 5) is 32.4. The van der Waals surface area contributed by atoms with E-state index in [0.29, 0.717) is 34.7 Å². The van der Waals surface area contributed by atoms with Crippen LogP contribution in [0.4, 0.5) is 11.4 Å². The van der Waals surface area contributed by atoms with Gasteiger partial charge >= 0.3 is 11.9 Å². The molecule has 31 heavy (non-hydrogen) atoms. The number of hydrogen-bond acceptors (Lipinski definition) is 6. The maximum absolute atomic E-state index is 11.3. The molecule has 160 valence electrons. The lowest BCUT2D eigenvalue weighted by molar-refractivity contribution is -0.120. The van der Waals surface area contributed by atoms with Gasteiger partial charge in [0.2, 0.25) is 0 Å². The van der Waals surface area contributed by atoms with E-state index in [4.69, 9.17) is 21.3 Å². The number of ether oxygens (including phenoxy) is 1. The number of aryl methyl sites for hydroxylation is 2. The molecule has 0 radical (unpaired) electrons. The van der Waals surface area contributed by atoms with Gasteiger partial charge in [-0.1, -0.05) is 18.2 Å². The first-order valence-electron chi connectivity index (χ1n) is 9.07. The van der Waals surface area contributed by atoms with Gasteiger partial charge in [0.25, 0.3) is 6.47 Å². The van der Waals surface area contributed by atoms with Crippen molar-refractivity contribution in [2.24, 2.45) is 0 Å². The van der Waals surface area contributed by atoms with Gasteiger partial charge in [-0.2, -0.15) is 0 Å². The second-order valence-electron chi connectivity index (χ2n) is 6.76. The Balaban J connectivity index is 0.000000262. The zero-order valence-corrected chi connectivity index (χ0v) is 17.0. The molecule has 6 N–H and O–H groups in total. The molecule has 8 heteroatoms. The summed E-state index contributed by atoms with van der Waals surface area (Å²) < 4.78 is 4.93. The summed E-state index contributed by atoms with van der Waals surface area (Å²) in [5, 5.41) is 17.8. The minimum atomic E-state index is -1.09. The number of benzene rings is 3. The van der Waals surface area contributed by atoms with Crippen molar-refractivity contribution in [2.45, 2.75) is 13.8 Å². The van der Waals surface area contributed by atoms with Crippen LogP contribution in [0.1, 0.15) is 31.8 Å². The number of carboxylic acid groups (broad SMARTS) is 2. The van der Waals surface area contributed by atoms with E-state index >= 15 is 0 Å². The van der Waals surface area contributed by atoms with E-state index in [2.05, 4.69) is 0 Å². The van der Waals surface area contributed by atoms with E-state index in [9.17, 15) is 19.5 Å².